The van der Waals surface area contributed by atoms with Gasteiger partial charge in [-0.3, -0.25) is 4.79 Å². The lowest BCUT2D eigenvalue weighted by Crippen LogP contribution is -2.11. The van der Waals surface area contributed by atoms with Crippen LogP contribution in [0.4, 0.5) is 5.69 Å². The van der Waals surface area contributed by atoms with Gasteiger partial charge in [-0.25, -0.2) is 4.98 Å². The van der Waals surface area contributed by atoms with E-state index in [-0.39, 0.29) is 5.91 Å². The summed E-state index contributed by atoms with van der Waals surface area (Å²) < 4.78 is 5.59. The first-order chi connectivity index (χ1) is 10.8. The number of aromatic nitrogens is 1. The average Bonchev–Trinajstić information content (AvgIpc) is 2.57. The fraction of sp³-hybridized carbons (Fsp3) is 0. The number of carbonyl (C=O) groups is 1. The first-order valence-electron chi connectivity index (χ1n) is 6.86. The molecule has 4 heteroatoms. The third kappa shape index (κ3) is 3.49. The highest BCUT2D eigenvalue weighted by Crippen LogP contribution is 2.18. The smallest absolute Gasteiger partial charge is 0.257 e. The lowest BCUT2D eigenvalue weighted by atomic mass is 10.2. The molecular formula is C18H14N2O2. The molecule has 1 N–H and O–H groups in total. The monoisotopic (exact) mass is 290 g/mol. The number of nitrogens with one attached hydrogen (secondary N) is 1. The predicted octanol–water partition coefficient (Wildman–Crippen LogP) is 4.13. The van der Waals surface area contributed by atoms with Crippen LogP contribution >= 0.6 is 0 Å². The molecule has 0 spiro atoms. The highest BCUT2D eigenvalue weighted by Gasteiger charge is 2.07. The summed E-state index contributed by atoms with van der Waals surface area (Å²) in [6.45, 7) is 0. The summed E-state index contributed by atoms with van der Waals surface area (Å²) in [5.74, 6) is 0.948. The highest BCUT2D eigenvalue weighted by molar-refractivity contribution is 6.04. The van der Waals surface area contributed by atoms with Crippen molar-refractivity contribution in [3.8, 4) is 11.6 Å². The third-order valence-electron chi connectivity index (χ3n) is 3.00. The molecule has 2 aromatic carbocycles. The molecule has 1 aromatic heterocycles. The van der Waals surface area contributed by atoms with E-state index in [1.807, 2.05) is 60.7 Å². The van der Waals surface area contributed by atoms with Gasteiger partial charge in [-0.05, 0) is 30.3 Å². The summed E-state index contributed by atoms with van der Waals surface area (Å²) in [6.07, 6.45) is 1.50. The number of benzene rings is 2. The maximum absolute atomic E-state index is 12.1. The SMILES string of the molecule is O=C(Nc1ccccc1)c1ccc(Oc2ccccc2)nc1. The Morgan fingerprint density at radius 1 is 0.864 bits per heavy atom. The van der Waals surface area contributed by atoms with Gasteiger partial charge in [-0.15, -0.1) is 0 Å². The Labute approximate surface area is 128 Å². The van der Waals surface area contributed by atoms with E-state index in [4.69, 9.17) is 4.74 Å². The van der Waals surface area contributed by atoms with Crippen LogP contribution < -0.4 is 10.1 Å². The Bertz CT molecular complexity index is 741. The molecule has 0 saturated heterocycles. The molecule has 3 rings (SSSR count). The van der Waals surface area contributed by atoms with Gasteiger partial charge in [0.25, 0.3) is 5.91 Å². The zero-order valence-electron chi connectivity index (χ0n) is 11.8. The minimum atomic E-state index is -0.204. The Kier molecular flexibility index (Phi) is 4.11. The standard InChI is InChI=1S/C18H14N2O2/c21-18(20-15-7-3-1-4-8-15)14-11-12-17(19-13-14)22-16-9-5-2-6-10-16/h1-13H,(H,20,21). The van der Waals surface area contributed by atoms with Crippen LogP contribution in [0.3, 0.4) is 0 Å². The number of amides is 1. The molecule has 1 amide bonds. The van der Waals surface area contributed by atoms with E-state index in [0.29, 0.717) is 17.2 Å². The van der Waals surface area contributed by atoms with Crippen molar-refractivity contribution in [2.75, 3.05) is 5.32 Å². The lowest BCUT2D eigenvalue weighted by Gasteiger charge is -2.06. The Morgan fingerprint density at radius 2 is 1.55 bits per heavy atom. The van der Waals surface area contributed by atoms with Crippen molar-refractivity contribution >= 4 is 11.6 Å². The summed E-state index contributed by atoms with van der Waals surface area (Å²) in [5.41, 5.74) is 1.22. The maximum Gasteiger partial charge on any atom is 0.257 e. The van der Waals surface area contributed by atoms with E-state index in [1.165, 1.54) is 6.20 Å². The topological polar surface area (TPSA) is 51.2 Å². The second-order valence-electron chi connectivity index (χ2n) is 4.62. The van der Waals surface area contributed by atoms with Gasteiger partial charge >= 0.3 is 0 Å². The van der Waals surface area contributed by atoms with Crippen LogP contribution in [0, 0.1) is 0 Å². The minimum absolute atomic E-state index is 0.204. The number of hydrogen-bond acceptors (Lipinski definition) is 3. The van der Waals surface area contributed by atoms with Crippen molar-refractivity contribution in [3.05, 3.63) is 84.6 Å². The first-order valence-corrected chi connectivity index (χ1v) is 6.86. The van der Waals surface area contributed by atoms with Crippen molar-refractivity contribution in [1.29, 1.82) is 0 Å². The van der Waals surface area contributed by atoms with Gasteiger partial charge in [0.05, 0.1) is 5.56 Å². The van der Waals surface area contributed by atoms with Crippen LogP contribution in [-0.2, 0) is 0 Å². The molecule has 4 nitrogen and oxygen atoms in total. The number of rotatable bonds is 4. The molecular weight excluding hydrogens is 276 g/mol. The van der Waals surface area contributed by atoms with Crippen LogP contribution in [0.1, 0.15) is 10.4 Å². The third-order valence-corrected chi connectivity index (χ3v) is 3.00. The number of anilines is 1. The van der Waals surface area contributed by atoms with Gasteiger partial charge in [0, 0.05) is 18.0 Å². The van der Waals surface area contributed by atoms with Crippen molar-refractivity contribution in [2.45, 2.75) is 0 Å². The number of para-hydroxylation sites is 2. The molecule has 0 bridgehead atoms. The zero-order chi connectivity index (χ0) is 15.2. The average molecular weight is 290 g/mol. The van der Waals surface area contributed by atoms with Gasteiger partial charge < -0.3 is 10.1 Å². The summed E-state index contributed by atoms with van der Waals surface area (Å²) in [5, 5.41) is 2.81. The zero-order valence-corrected chi connectivity index (χ0v) is 11.8. The number of pyridine rings is 1. The Morgan fingerprint density at radius 3 is 2.18 bits per heavy atom. The molecule has 108 valence electrons. The normalized spacial score (nSPS) is 10.0. The molecule has 0 atom stereocenters. The summed E-state index contributed by atoms with van der Waals surface area (Å²) in [7, 11) is 0. The van der Waals surface area contributed by atoms with Crippen LogP contribution in [-0.4, -0.2) is 10.9 Å². The minimum Gasteiger partial charge on any atom is -0.439 e. The van der Waals surface area contributed by atoms with E-state index in [9.17, 15) is 4.79 Å². The summed E-state index contributed by atoms with van der Waals surface area (Å²) in [4.78, 5) is 16.2. The second kappa shape index (κ2) is 6.54. The van der Waals surface area contributed by atoms with Crippen LogP contribution in [0.2, 0.25) is 0 Å². The number of nitrogens with zero attached hydrogens (tertiary/aromatic N) is 1. The molecule has 3 aromatic rings. The molecule has 0 fully saturated rings. The van der Waals surface area contributed by atoms with E-state index >= 15 is 0 Å². The van der Waals surface area contributed by atoms with E-state index in [2.05, 4.69) is 10.3 Å². The molecule has 0 unspecified atom stereocenters. The fourth-order valence-electron chi connectivity index (χ4n) is 1.91. The molecule has 1 heterocycles. The molecule has 0 saturated carbocycles. The van der Waals surface area contributed by atoms with E-state index in [1.54, 1.807) is 12.1 Å². The number of carbonyl (C=O) groups excluding carboxylic acids is 1. The second-order valence-corrected chi connectivity index (χ2v) is 4.62. The van der Waals surface area contributed by atoms with Crippen LogP contribution in [0.5, 0.6) is 11.6 Å². The maximum atomic E-state index is 12.1. The van der Waals surface area contributed by atoms with Gasteiger partial charge in [-0.1, -0.05) is 36.4 Å². The lowest BCUT2D eigenvalue weighted by molar-refractivity contribution is 0.102. The van der Waals surface area contributed by atoms with Gasteiger partial charge in [0.15, 0.2) is 0 Å². The molecule has 0 aliphatic rings. The Hall–Kier alpha value is -3.14. The molecule has 0 aliphatic carbocycles. The van der Waals surface area contributed by atoms with Crippen molar-refractivity contribution in [3.63, 3.8) is 0 Å². The molecule has 0 radical (unpaired) electrons. The van der Waals surface area contributed by atoms with Crippen LogP contribution in [0.15, 0.2) is 79.0 Å². The summed E-state index contributed by atoms with van der Waals surface area (Å²) >= 11 is 0. The van der Waals surface area contributed by atoms with Crippen molar-refractivity contribution in [2.24, 2.45) is 0 Å². The Balaban J connectivity index is 1.67. The van der Waals surface area contributed by atoms with E-state index in [0.717, 1.165) is 5.69 Å². The van der Waals surface area contributed by atoms with Gasteiger partial charge in [-0.2, -0.15) is 0 Å². The largest absolute Gasteiger partial charge is 0.439 e. The first kappa shape index (κ1) is 13.8. The quantitative estimate of drug-likeness (QED) is 0.786. The molecule has 22 heavy (non-hydrogen) atoms. The van der Waals surface area contributed by atoms with Crippen molar-refractivity contribution < 1.29 is 9.53 Å². The fourth-order valence-corrected chi connectivity index (χ4v) is 1.91. The number of hydrogen-bond donors (Lipinski definition) is 1. The van der Waals surface area contributed by atoms with Crippen molar-refractivity contribution in [1.82, 2.24) is 4.98 Å². The summed E-state index contributed by atoms with van der Waals surface area (Å²) in [6, 6.07) is 22.0. The predicted molar refractivity (Wildman–Crippen MR) is 85.1 cm³/mol. The number of ether oxygens (including phenoxy) is 1. The molecule has 0 aliphatic heterocycles. The van der Waals surface area contributed by atoms with Crippen LogP contribution in [0.25, 0.3) is 0 Å². The van der Waals surface area contributed by atoms with Gasteiger partial charge in [0.2, 0.25) is 5.88 Å². The highest BCUT2D eigenvalue weighted by atomic mass is 16.5. The van der Waals surface area contributed by atoms with E-state index < -0.39 is 0 Å². The van der Waals surface area contributed by atoms with Gasteiger partial charge in [0.1, 0.15) is 5.75 Å².